The van der Waals surface area contributed by atoms with Crippen LogP contribution in [0.25, 0.3) is 11.5 Å². The van der Waals surface area contributed by atoms with Crippen LogP contribution < -0.4 is 5.76 Å². The Balaban J connectivity index is 1.44. The molecule has 0 radical (unpaired) electrons. The second kappa shape index (κ2) is 5.92. The molecule has 4 rings (SSSR count). The molecule has 2 aliphatic rings. The minimum absolute atomic E-state index is 0.353. The van der Waals surface area contributed by atoms with E-state index in [1.807, 2.05) is 30.3 Å². The van der Waals surface area contributed by atoms with Crippen LogP contribution in [0.5, 0.6) is 0 Å². The summed E-state index contributed by atoms with van der Waals surface area (Å²) >= 11 is 0. The van der Waals surface area contributed by atoms with Crippen LogP contribution in [-0.4, -0.2) is 46.8 Å². The van der Waals surface area contributed by atoms with Gasteiger partial charge in [0.25, 0.3) is 0 Å². The normalized spacial score (nSPS) is 21.0. The van der Waals surface area contributed by atoms with Crippen LogP contribution in [-0.2, 0) is 16.1 Å². The number of benzene rings is 1. The summed E-state index contributed by atoms with van der Waals surface area (Å²) < 4.78 is 18.1. The van der Waals surface area contributed by atoms with E-state index in [1.165, 1.54) is 4.68 Å². The third-order valence-corrected chi connectivity index (χ3v) is 4.39. The van der Waals surface area contributed by atoms with Crippen molar-refractivity contribution in [1.82, 2.24) is 14.7 Å². The number of hydrogen-bond acceptors (Lipinski definition) is 6. The van der Waals surface area contributed by atoms with Gasteiger partial charge in [-0.05, 0) is 12.1 Å². The fraction of sp³-hybridized carbons (Fsp3) is 0.500. The van der Waals surface area contributed by atoms with Crippen molar-refractivity contribution in [3.05, 3.63) is 40.9 Å². The molecule has 2 aliphatic heterocycles. The Hall–Kier alpha value is -1.96. The molecule has 0 aliphatic carbocycles. The SMILES string of the molecule is O=c1oc(-c2ccccc2)nn1CN1CCC2(CC1)OCCO2. The monoisotopic (exact) mass is 317 g/mol. The lowest BCUT2D eigenvalue weighted by Gasteiger charge is -2.37. The molecular formula is C16H19N3O4. The third kappa shape index (κ3) is 2.95. The quantitative estimate of drug-likeness (QED) is 0.850. The number of nitrogens with zero attached hydrogens (tertiary/aromatic N) is 3. The molecule has 0 amide bonds. The Labute approximate surface area is 133 Å². The van der Waals surface area contributed by atoms with Crippen LogP contribution in [0.3, 0.4) is 0 Å². The van der Waals surface area contributed by atoms with Gasteiger partial charge in [0.1, 0.15) is 6.67 Å². The highest BCUT2D eigenvalue weighted by atomic mass is 16.7. The maximum atomic E-state index is 12.0. The third-order valence-electron chi connectivity index (χ3n) is 4.39. The summed E-state index contributed by atoms with van der Waals surface area (Å²) in [5, 5.41) is 4.30. The van der Waals surface area contributed by atoms with Gasteiger partial charge in [-0.2, -0.15) is 4.68 Å². The fourth-order valence-electron chi connectivity index (χ4n) is 3.10. The average molecular weight is 317 g/mol. The van der Waals surface area contributed by atoms with Gasteiger partial charge in [0.2, 0.25) is 5.89 Å². The number of hydrogen-bond donors (Lipinski definition) is 0. The van der Waals surface area contributed by atoms with Gasteiger partial charge in [-0.25, -0.2) is 4.79 Å². The van der Waals surface area contributed by atoms with Crippen LogP contribution in [0, 0.1) is 0 Å². The molecule has 23 heavy (non-hydrogen) atoms. The molecule has 2 saturated heterocycles. The number of rotatable bonds is 3. The summed E-state index contributed by atoms with van der Waals surface area (Å²) in [7, 11) is 0. The minimum Gasteiger partial charge on any atom is -0.388 e. The lowest BCUT2D eigenvalue weighted by Crippen LogP contribution is -2.46. The predicted molar refractivity (Wildman–Crippen MR) is 81.6 cm³/mol. The number of ether oxygens (including phenoxy) is 2. The Morgan fingerprint density at radius 2 is 1.78 bits per heavy atom. The first-order chi connectivity index (χ1) is 11.2. The second-order valence-electron chi connectivity index (χ2n) is 5.91. The Morgan fingerprint density at radius 3 is 2.48 bits per heavy atom. The van der Waals surface area contributed by atoms with Crippen molar-refractivity contribution in [2.75, 3.05) is 26.3 Å². The van der Waals surface area contributed by atoms with Gasteiger partial charge in [-0.15, -0.1) is 5.10 Å². The first kappa shape index (κ1) is 14.6. The Morgan fingerprint density at radius 1 is 1.09 bits per heavy atom. The lowest BCUT2D eigenvalue weighted by molar-refractivity contribution is -0.187. The van der Waals surface area contributed by atoms with E-state index in [-0.39, 0.29) is 0 Å². The van der Waals surface area contributed by atoms with E-state index in [2.05, 4.69) is 10.00 Å². The molecular weight excluding hydrogens is 298 g/mol. The van der Waals surface area contributed by atoms with E-state index in [1.54, 1.807) is 0 Å². The first-order valence-corrected chi connectivity index (χ1v) is 7.88. The molecule has 1 aromatic carbocycles. The van der Waals surface area contributed by atoms with Gasteiger partial charge in [0, 0.05) is 31.5 Å². The maximum absolute atomic E-state index is 12.0. The fourth-order valence-corrected chi connectivity index (χ4v) is 3.10. The summed E-state index contributed by atoms with van der Waals surface area (Å²) in [6.45, 7) is 3.37. The molecule has 0 saturated carbocycles. The van der Waals surface area contributed by atoms with Crippen molar-refractivity contribution < 1.29 is 13.9 Å². The highest BCUT2D eigenvalue weighted by molar-refractivity contribution is 5.51. The molecule has 0 N–H and O–H groups in total. The number of likely N-dealkylation sites (tertiary alicyclic amines) is 1. The number of piperidine rings is 1. The molecule has 0 unspecified atom stereocenters. The van der Waals surface area contributed by atoms with Crippen LogP contribution in [0.2, 0.25) is 0 Å². The molecule has 7 nitrogen and oxygen atoms in total. The van der Waals surface area contributed by atoms with Crippen molar-refractivity contribution >= 4 is 0 Å². The first-order valence-electron chi connectivity index (χ1n) is 7.88. The highest BCUT2D eigenvalue weighted by Gasteiger charge is 2.39. The summed E-state index contributed by atoms with van der Waals surface area (Å²) in [5.74, 6) is -0.482. The van der Waals surface area contributed by atoms with Crippen molar-refractivity contribution in [2.45, 2.75) is 25.3 Å². The van der Waals surface area contributed by atoms with Crippen molar-refractivity contribution in [1.29, 1.82) is 0 Å². The molecule has 1 aromatic heterocycles. The highest BCUT2D eigenvalue weighted by Crippen LogP contribution is 2.31. The van der Waals surface area contributed by atoms with Crippen molar-refractivity contribution in [3.8, 4) is 11.5 Å². The summed E-state index contributed by atoms with van der Waals surface area (Å²) in [4.78, 5) is 14.2. The van der Waals surface area contributed by atoms with E-state index in [0.717, 1.165) is 31.5 Å². The smallest absolute Gasteiger partial charge is 0.388 e. The zero-order chi connectivity index (χ0) is 15.7. The molecule has 3 heterocycles. The van der Waals surface area contributed by atoms with Gasteiger partial charge in [0.05, 0.1) is 13.2 Å². The largest absolute Gasteiger partial charge is 0.438 e. The van der Waals surface area contributed by atoms with E-state index in [9.17, 15) is 4.79 Å². The van der Waals surface area contributed by atoms with Gasteiger partial charge in [-0.3, -0.25) is 4.90 Å². The van der Waals surface area contributed by atoms with Gasteiger partial charge < -0.3 is 13.9 Å². The van der Waals surface area contributed by atoms with E-state index in [4.69, 9.17) is 13.9 Å². The zero-order valence-corrected chi connectivity index (χ0v) is 12.8. The summed E-state index contributed by atoms with van der Waals surface area (Å²) in [5.41, 5.74) is 0.800. The van der Waals surface area contributed by atoms with Gasteiger partial charge in [0.15, 0.2) is 5.79 Å². The Kier molecular flexibility index (Phi) is 3.76. The molecule has 0 atom stereocenters. The standard InChI is InChI=1S/C16H19N3O4/c20-15-19(17-14(23-15)13-4-2-1-3-5-13)12-18-8-6-16(7-9-18)21-10-11-22-16/h1-5H,6-12H2. The van der Waals surface area contributed by atoms with Crippen LogP contribution in [0.1, 0.15) is 12.8 Å². The topological polar surface area (TPSA) is 69.7 Å². The second-order valence-corrected chi connectivity index (χ2v) is 5.91. The van der Waals surface area contributed by atoms with Gasteiger partial charge in [-0.1, -0.05) is 18.2 Å². The molecule has 7 heteroatoms. The summed E-state index contributed by atoms with van der Waals surface area (Å²) in [6.07, 6.45) is 1.62. The lowest BCUT2D eigenvalue weighted by atomic mass is 10.0. The van der Waals surface area contributed by atoms with Crippen LogP contribution >= 0.6 is 0 Å². The van der Waals surface area contributed by atoms with Crippen molar-refractivity contribution in [2.24, 2.45) is 0 Å². The van der Waals surface area contributed by atoms with Crippen molar-refractivity contribution in [3.63, 3.8) is 0 Å². The average Bonchev–Trinajstić information content (AvgIpc) is 3.18. The van der Waals surface area contributed by atoms with E-state index in [0.29, 0.717) is 25.8 Å². The van der Waals surface area contributed by atoms with E-state index >= 15 is 0 Å². The predicted octanol–water partition coefficient (Wildman–Crippen LogP) is 1.30. The summed E-state index contributed by atoms with van der Waals surface area (Å²) in [6, 6.07) is 9.43. The zero-order valence-electron chi connectivity index (χ0n) is 12.8. The maximum Gasteiger partial charge on any atom is 0.438 e. The van der Waals surface area contributed by atoms with E-state index < -0.39 is 11.5 Å². The number of aromatic nitrogens is 2. The molecule has 122 valence electrons. The molecule has 1 spiro atoms. The molecule has 2 fully saturated rings. The van der Waals surface area contributed by atoms with Crippen LogP contribution in [0.4, 0.5) is 0 Å². The van der Waals surface area contributed by atoms with Crippen LogP contribution in [0.15, 0.2) is 39.5 Å². The van der Waals surface area contributed by atoms with Gasteiger partial charge >= 0.3 is 5.76 Å². The molecule has 0 bridgehead atoms. The minimum atomic E-state index is -0.433. The molecule has 2 aromatic rings. The Bertz CT molecular complexity index is 708.